The predicted octanol–water partition coefficient (Wildman–Crippen LogP) is 2.76. The summed E-state index contributed by atoms with van der Waals surface area (Å²) >= 11 is 0. The van der Waals surface area contributed by atoms with Crippen molar-refractivity contribution in [1.82, 2.24) is 0 Å². The van der Waals surface area contributed by atoms with E-state index < -0.39 is 42.1 Å². The first-order valence-corrected chi connectivity index (χ1v) is 9.35. The van der Waals surface area contributed by atoms with E-state index in [1.165, 1.54) is 19.1 Å². The van der Waals surface area contributed by atoms with E-state index in [0.29, 0.717) is 16.7 Å². The molecule has 1 aliphatic heterocycles. The molecule has 0 aromatic rings. The molecular weight excluding hydrogens is 376 g/mol. The average Bonchev–Trinajstić information content (AvgIpc) is 2.91. The summed E-state index contributed by atoms with van der Waals surface area (Å²) in [5, 5.41) is 0. The molecule has 0 amide bonds. The predicted molar refractivity (Wildman–Crippen MR) is 105 cm³/mol. The molecule has 0 spiro atoms. The van der Waals surface area contributed by atoms with Gasteiger partial charge in [0.2, 0.25) is 0 Å². The van der Waals surface area contributed by atoms with Crippen LogP contribution in [0.3, 0.4) is 0 Å². The number of fused-ring (bicyclic) bond motifs is 1. The normalized spacial score (nSPS) is 31.6. The van der Waals surface area contributed by atoms with E-state index in [9.17, 15) is 19.2 Å². The molecule has 29 heavy (non-hydrogen) atoms. The van der Waals surface area contributed by atoms with Crippen molar-refractivity contribution in [2.75, 3.05) is 0 Å². The molecule has 0 saturated carbocycles. The quantitative estimate of drug-likeness (QED) is 0.407. The molecule has 0 unspecified atom stereocenters. The van der Waals surface area contributed by atoms with Crippen molar-refractivity contribution in [2.45, 2.75) is 59.4 Å². The first kappa shape index (κ1) is 22.3. The van der Waals surface area contributed by atoms with Crippen molar-refractivity contribution >= 4 is 23.7 Å². The van der Waals surface area contributed by atoms with Crippen molar-refractivity contribution in [1.29, 1.82) is 0 Å². The lowest BCUT2D eigenvalue weighted by atomic mass is 9.82. The molecule has 1 heterocycles. The first-order valence-electron chi connectivity index (χ1n) is 9.35. The maximum atomic E-state index is 12.4. The van der Waals surface area contributed by atoms with Crippen LogP contribution in [0.25, 0.3) is 0 Å². The van der Waals surface area contributed by atoms with Crippen molar-refractivity contribution in [3.63, 3.8) is 0 Å². The highest BCUT2D eigenvalue weighted by molar-refractivity contribution is 6.00. The number of rotatable bonds is 3. The van der Waals surface area contributed by atoms with Crippen LogP contribution in [0.5, 0.6) is 0 Å². The van der Waals surface area contributed by atoms with Gasteiger partial charge in [0.15, 0.2) is 18.0 Å². The zero-order valence-electron chi connectivity index (χ0n) is 17.3. The molecule has 1 saturated heterocycles. The molecule has 1 fully saturated rings. The number of hydrogen-bond acceptors (Lipinski definition) is 7. The Kier molecular flexibility index (Phi) is 6.95. The summed E-state index contributed by atoms with van der Waals surface area (Å²) in [6, 6.07) is 0. The highest BCUT2D eigenvalue weighted by Gasteiger charge is 2.50. The SMILES string of the molecule is C=C1C(=O)O[C@H]2[C@H]1[C@H](OC(=O)/C(C)=C/C)C/C(C)=C/C(=O)/C=C(/C)[C@@H]2OC(C)=O. The topological polar surface area (TPSA) is 96.0 Å². The van der Waals surface area contributed by atoms with E-state index in [0.717, 1.165) is 0 Å². The van der Waals surface area contributed by atoms with Crippen LogP contribution in [-0.2, 0) is 33.4 Å². The third kappa shape index (κ3) is 5.10. The number of carbonyl (C=O) groups is 4. The molecule has 1 aliphatic carbocycles. The number of allylic oxidation sites excluding steroid dienone is 3. The summed E-state index contributed by atoms with van der Waals surface area (Å²) in [7, 11) is 0. The smallest absolute Gasteiger partial charge is 0.334 e. The average molecular weight is 402 g/mol. The van der Waals surface area contributed by atoms with Gasteiger partial charge in [0.25, 0.3) is 0 Å². The monoisotopic (exact) mass is 402 g/mol. The van der Waals surface area contributed by atoms with Crippen LogP contribution in [0.15, 0.2) is 47.1 Å². The van der Waals surface area contributed by atoms with Gasteiger partial charge in [-0.05, 0) is 45.4 Å². The van der Waals surface area contributed by atoms with Gasteiger partial charge in [-0.25, -0.2) is 9.59 Å². The van der Waals surface area contributed by atoms with Gasteiger partial charge in [0.05, 0.1) is 5.92 Å². The minimum Gasteiger partial charge on any atom is -0.458 e. The second kappa shape index (κ2) is 9.03. The molecule has 7 heteroatoms. The van der Waals surface area contributed by atoms with Crippen molar-refractivity contribution in [3.8, 4) is 0 Å². The second-order valence-corrected chi connectivity index (χ2v) is 7.35. The van der Waals surface area contributed by atoms with E-state index in [1.807, 2.05) is 0 Å². The minimum atomic E-state index is -1.000. The third-order valence-corrected chi connectivity index (χ3v) is 5.00. The van der Waals surface area contributed by atoms with E-state index in [-0.39, 0.29) is 17.8 Å². The van der Waals surface area contributed by atoms with Crippen molar-refractivity contribution in [2.24, 2.45) is 5.92 Å². The van der Waals surface area contributed by atoms with Crippen molar-refractivity contribution in [3.05, 3.63) is 47.1 Å². The Labute approximate surface area is 170 Å². The molecule has 2 rings (SSSR count). The summed E-state index contributed by atoms with van der Waals surface area (Å²) < 4.78 is 16.6. The number of ketones is 1. The Morgan fingerprint density at radius 2 is 1.83 bits per heavy atom. The molecule has 0 aromatic carbocycles. The Hall–Kier alpha value is -2.96. The van der Waals surface area contributed by atoms with Crippen LogP contribution >= 0.6 is 0 Å². The molecule has 0 aromatic heterocycles. The van der Waals surface area contributed by atoms with Gasteiger partial charge in [-0.3, -0.25) is 9.59 Å². The molecule has 0 N–H and O–H groups in total. The Morgan fingerprint density at radius 3 is 2.41 bits per heavy atom. The zero-order valence-corrected chi connectivity index (χ0v) is 17.3. The van der Waals surface area contributed by atoms with Gasteiger partial charge in [-0.1, -0.05) is 18.2 Å². The van der Waals surface area contributed by atoms with E-state index in [2.05, 4.69) is 6.58 Å². The number of esters is 3. The molecule has 0 radical (unpaired) electrons. The van der Waals surface area contributed by atoms with Crippen LogP contribution in [0, 0.1) is 5.92 Å². The minimum absolute atomic E-state index is 0.135. The highest BCUT2D eigenvalue weighted by atomic mass is 16.6. The summed E-state index contributed by atoms with van der Waals surface area (Å²) in [5.41, 5.74) is 1.63. The zero-order chi connectivity index (χ0) is 21.9. The maximum absolute atomic E-state index is 12.4. The summed E-state index contributed by atoms with van der Waals surface area (Å²) in [5.74, 6) is -2.82. The van der Waals surface area contributed by atoms with Crippen LogP contribution in [-0.4, -0.2) is 42.0 Å². The lowest BCUT2D eigenvalue weighted by molar-refractivity contribution is -0.162. The van der Waals surface area contributed by atoms with Gasteiger partial charge >= 0.3 is 17.9 Å². The van der Waals surface area contributed by atoms with E-state index >= 15 is 0 Å². The molecular formula is C22H26O7. The summed E-state index contributed by atoms with van der Waals surface area (Å²) in [6.07, 6.45) is 1.81. The van der Waals surface area contributed by atoms with Crippen LogP contribution < -0.4 is 0 Å². The Bertz CT molecular complexity index is 843. The van der Waals surface area contributed by atoms with Crippen LogP contribution in [0.2, 0.25) is 0 Å². The largest absolute Gasteiger partial charge is 0.458 e. The molecule has 0 bridgehead atoms. The van der Waals surface area contributed by atoms with Gasteiger partial charge in [-0.2, -0.15) is 0 Å². The number of hydrogen-bond donors (Lipinski definition) is 0. The van der Waals surface area contributed by atoms with Crippen molar-refractivity contribution < 1.29 is 33.4 Å². The Morgan fingerprint density at radius 1 is 1.17 bits per heavy atom. The first-order chi connectivity index (χ1) is 13.5. The van der Waals surface area contributed by atoms with E-state index in [1.54, 1.807) is 33.8 Å². The third-order valence-electron chi connectivity index (χ3n) is 5.00. The fourth-order valence-electron chi connectivity index (χ4n) is 3.45. The fourth-order valence-corrected chi connectivity index (χ4v) is 3.45. The Balaban J connectivity index is 2.58. The second-order valence-electron chi connectivity index (χ2n) is 7.35. The number of carbonyl (C=O) groups excluding carboxylic acids is 4. The standard InChI is InChI=1S/C22H26O7/c1-7-12(3)21(25)28-17-9-11(2)8-16(24)10-13(4)19(27-15(6)23)20-18(17)14(5)22(26)29-20/h7-8,10,17-20H,5,9H2,1-4,6H3/b11-8+,12-7+,13-10-/t17-,18-,19+,20+/m1/s1. The van der Waals surface area contributed by atoms with Gasteiger partial charge < -0.3 is 14.2 Å². The maximum Gasteiger partial charge on any atom is 0.334 e. The van der Waals surface area contributed by atoms with Crippen LogP contribution in [0.4, 0.5) is 0 Å². The lowest BCUT2D eigenvalue weighted by Gasteiger charge is -2.32. The van der Waals surface area contributed by atoms with Gasteiger partial charge in [0, 0.05) is 24.5 Å². The lowest BCUT2D eigenvalue weighted by Crippen LogP contribution is -2.43. The molecule has 4 atom stereocenters. The fraction of sp³-hybridized carbons (Fsp3) is 0.455. The number of ether oxygens (including phenoxy) is 3. The van der Waals surface area contributed by atoms with E-state index in [4.69, 9.17) is 14.2 Å². The summed E-state index contributed by atoms with van der Waals surface area (Å²) in [4.78, 5) is 48.8. The van der Waals surface area contributed by atoms with Gasteiger partial charge in [0.1, 0.15) is 6.10 Å². The molecule has 2 aliphatic rings. The van der Waals surface area contributed by atoms with Gasteiger partial charge in [-0.15, -0.1) is 0 Å². The highest BCUT2D eigenvalue weighted by Crippen LogP contribution is 2.38. The molecule has 156 valence electrons. The summed E-state index contributed by atoms with van der Waals surface area (Å²) in [6.45, 7) is 11.7. The molecule has 7 nitrogen and oxygen atoms in total. The van der Waals surface area contributed by atoms with Crippen LogP contribution in [0.1, 0.15) is 41.0 Å².